The molecule has 0 saturated heterocycles. The van der Waals surface area contributed by atoms with Crippen molar-refractivity contribution in [3.05, 3.63) is 45.2 Å². The number of fused-ring (bicyclic) bond motifs is 1. The number of rotatable bonds is 6. The van der Waals surface area contributed by atoms with Gasteiger partial charge >= 0.3 is 5.97 Å². The van der Waals surface area contributed by atoms with Crippen molar-refractivity contribution in [1.82, 2.24) is 4.90 Å². The summed E-state index contributed by atoms with van der Waals surface area (Å²) < 4.78 is 5.26. The van der Waals surface area contributed by atoms with E-state index in [4.69, 9.17) is 4.74 Å². The Morgan fingerprint density at radius 1 is 1.25 bits per heavy atom. The first kappa shape index (κ1) is 18.1. The van der Waals surface area contributed by atoms with Gasteiger partial charge in [-0.2, -0.15) is 5.26 Å². The lowest BCUT2D eigenvalue weighted by molar-refractivity contribution is -0.138. The number of carbonyl (C=O) groups excluding carboxylic acids is 3. The van der Waals surface area contributed by atoms with Gasteiger partial charge in [-0.25, -0.2) is 4.79 Å². The average Bonchev–Trinajstić information content (AvgIpc) is 2.83. The number of nitriles is 1. The van der Waals surface area contributed by atoms with Crippen LogP contribution in [-0.4, -0.2) is 41.4 Å². The van der Waals surface area contributed by atoms with E-state index in [1.165, 1.54) is 11.8 Å². The molecule has 0 spiro atoms. The fourth-order valence-electron chi connectivity index (χ4n) is 2.09. The van der Waals surface area contributed by atoms with E-state index in [0.29, 0.717) is 15.4 Å². The first-order valence-corrected chi connectivity index (χ1v) is 9.19. The normalized spacial score (nSPS) is 14.1. The van der Waals surface area contributed by atoms with Crippen LogP contribution in [0.5, 0.6) is 0 Å². The minimum atomic E-state index is -0.709. The molecule has 0 radical (unpaired) electrons. The third kappa shape index (κ3) is 3.47. The van der Waals surface area contributed by atoms with Crippen LogP contribution in [-0.2, 0) is 9.53 Å². The summed E-state index contributed by atoms with van der Waals surface area (Å²) in [5.74, 6) is -1.44. The second-order valence-electron chi connectivity index (χ2n) is 4.56. The molecule has 2 rings (SSSR count). The van der Waals surface area contributed by atoms with Crippen molar-refractivity contribution >= 4 is 41.3 Å². The van der Waals surface area contributed by atoms with E-state index in [1.54, 1.807) is 37.4 Å². The van der Waals surface area contributed by atoms with Crippen molar-refractivity contribution in [2.24, 2.45) is 0 Å². The van der Waals surface area contributed by atoms with Gasteiger partial charge in [0.05, 0.1) is 27.8 Å². The Balaban J connectivity index is 2.18. The molecule has 6 nitrogen and oxygen atoms in total. The number of benzene rings is 1. The van der Waals surface area contributed by atoms with Crippen molar-refractivity contribution in [3.8, 4) is 6.07 Å². The molecule has 2 amide bonds. The number of thioether (sulfide) groups is 2. The molecule has 0 fully saturated rings. The van der Waals surface area contributed by atoms with Crippen LogP contribution in [0.4, 0.5) is 0 Å². The lowest BCUT2D eigenvalue weighted by atomic mass is 10.1. The van der Waals surface area contributed by atoms with Crippen LogP contribution in [0.2, 0.25) is 0 Å². The maximum absolute atomic E-state index is 12.3. The molecular weight excluding hydrogens is 348 g/mol. The van der Waals surface area contributed by atoms with Crippen LogP contribution in [0.3, 0.4) is 0 Å². The van der Waals surface area contributed by atoms with Crippen molar-refractivity contribution in [2.45, 2.75) is 6.92 Å². The van der Waals surface area contributed by atoms with Crippen molar-refractivity contribution in [1.29, 1.82) is 5.26 Å². The minimum absolute atomic E-state index is 0.0209. The van der Waals surface area contributed by atoms with Crippen molar-refractivity contribution < 1.29 is 19.1 Å². The fourth-order valence-corrected chi connectivity index (χ4v) is 3.81. The lowest BCUT2D eigenvalue weighted by Gasteiger charge is -2.14. The molecule has 0 unspecified atom stereocenters. The standard InChI is InChI=1S/C16H14N2O4S2/c1-3-22-15(21)12(8-17)16(23-2)24-9-18-13(19)10-6-4-5-7-11(10)14(18)20/h4-7H,3,9H2,1-2H3/b16-12+. The molecule has 124 valence electrons. The number of nitrogens with zero attached hydrogens (tertiary/aromatic N) is 2. The number of carbonyl (C=O) groups is 3. The molecule has 24 heavy (non-hydrogen) atoms. The maximum atomic E-state index is 12.3. The summed E-state index contributed by atoms with van der Waals surface area (Å²) in [6.07, 6.45) is 1.71. The fraction of sp³-hybridized carbons (Fsp3) is 0.250. The van der Waals surface area contributed by atoms with Crippen LogP contribution in [0, 0.1) is 11.3 Å². The third-order valence-electron chi connectivity index (χ3n) is 3.18. The molecule has 1 aliphatic heterocycles. The Morgan fingerprint density at radius 3 is 2.29 bits per heavy atom. The van der Waals surface area contributed by atoms with E-state index < -0.39 is 5.97 Å². The highest BCUT2D eigenvalue weighted by atomic mass is 32.2. The summed E-state index contributed by atoms with van der Waals surface area (Å²) in [5, 5.41) is 9.18. The highest BCUT2D eigenvalue weighted by Crippen LogP contribution is 2.33. The van der Waals surface area contributed by atoms with E-state index in [2.05, 4.69) is 0 Å². The van der Waals surface area contributed by atoms with E-state index in [1.807, 2.05) is 6.07 Å². The molecule has 0 aliphatic carbocycles. The number of amides is 2. The van der Waals surface area contributed by atoms with Crippen molar-refractivity contribution in [2.75, 3.05) is 18.7 Å². The highest BCUT2D eigenvalue weighted by Gasteiger charge is 2.35. The molecular formula is C16H14N2O4S2. The molecule has 0 saturated carbocycles. The third-order valence-corrected chi connectivity index (χ3v) is 5.47. The first-order chi connectivity index (χ1) is 11.5. The predicted molar refractivity (Wildman–Crippen MR) is 92.2 cm³/mol. The molecule has 1 heterocycles. The van der Waals surface area contributed by atoms with E-state index >= 15 is 0 Å². The quantitative estimate of drug-likeness (QED) is 0.333. The Morgan fingerprint density at radius 2 is 1.83 bits per heavy atom. The summed E-state index contributed by atoms with van der Waals surface area (Å²) >= 11 is 2.28. The van der Waals surface area contributed by atoms with Crippen molar-refractivity contribution in [3.63, 3.8) is 0 Å². The zero-order valence-electron chi connectivity index (χ0n) is 13.1. The Bertz CT molecular complexity index is 733. The number of hydrogen-bond donors (Lipinski definition) is 0. The topological polar surface area (TPSA) is 87.5 Å². The van der Waals surface area contributed by atoms with Gasteiger partial charge in [0.1, 0.15) is 6.07 Å². The number of imide groups is 1. The Kier molecular flexibility index (Phi) is 6.06. The van der Waals surface area contributed by atoms with Crippen LogP contribution in [0.25, 0.3) is 0 Å². The molecule has 1 aromatic rings. The molecule has 0 N–H and O–H groups in total. The zero-order chi connectivity index (χ0) is 17.7. The van der Waals surface area contributed by atoms with Crippen LogP contribution in [0.15, 0.2) is 34.1 Å². The smallest absolute Gasteiger partial charge is 0.350 e. The first-order valence-electron chi connectivity index (χ1n) is 6.98. The Labute approximate surface area is 147 Å². The average molecular weight is 362 g/mol. The number of hydrogen-bond acceptors (Lipinski definition) is 7. The van der Waals surface area contributed by atoms with Gasteiger partial charge in [0, 0.05) is 0 Å². The van der Waals surface area contributed by atoms with E-state index in [-0.39, 0.29) is 29.9 Å². The van der Waals surface area contributed by atoms with E-state index in [9.17, 15) is 19.6 Å². The summed E-state index contributed by atoms with van der Waals surface area (Å²) in [5.41, 5.74) is 0.610. The van der Waals surface area contributed by atoms with Gasteiger partial charge in [0.15, 0.2) is 5.57 Å². The lowest BCUT2D eigenvalue weighted by Crippen LogP contribution is -2.29. The summed E-state index contributed by atoms with van der Waals surface area (Å²) in [4.78, 5) is 37.5. The molecule has 8 heteroatoms. The molecule has 1 aliphatic rings. The zero-order valence-corrected chi connectivity index (χ0v) is 14.7. The summed E-state index contributed by atoms with van der Waals surface area (Å²) in [6.45, 7) is 1.81. The van der Waals surface area contributed by atoms with Gasteiger partial charge in [0.25, 0.3) is 11.8 Å². The predicted octanol–water partition coefficient (Wildman–Crippen LogP) is 2.63. The SMILES string of the molecule is CCOC(=O)/C(C#N)=C(\SC)SCN1C(=O)c2ccccc2C1=O. The largest absolute Gasteiger partial charge is 0.462 e. The van der Waals surface area contributed by atoms with Gasteiger partial charge in [0.2, 0.25) is 0 Å². The van der Waals surface area contributed by atoms with Crippen LogP contribution in [0.1, 0.15) is 27.6 Å². The molecule has 0 aromatic heterocycles. The minimum Gasteiger partial charge on any atom is -0.462 e. The molecule has 0 atom stereocenters. The summed E-state index contributed by atoms with van der Waals surface area (Å²) in [7, 11) is 0. The van der Waals surface area contributed by atoms with Crippen LogP contribution < -0.4 is 0 Å². The van der Waals surface area contributed by atoms with Gasteiger partial charge in [-0.1, -0.05) is 23.9 Å². The maximum Gasteiger partial charge on any atom is 0.350 e. The van der Waals surface area contributed by atoms with Gasteiger partial charge in [-0.3, -0.25) is 14.5 Å². The molecule has 1 aromatic carbocycles. The van der Waals surface area contributed by atoms with Gasteiger partial charge in [-0.05, 0) is 25.3 Å². The number of esters is 1. The number of ether oxygens (including phenoxy) is 1. The monoisotopic (exact) mass is 362 g/mol. The molecule has 0 bridgehead atoms. The second kappa shape index (κ2) is 8.04. The van der Waals surface area contributed by atoms with Gasteiger partial charge < -0.3 is 4.74 Å². The van der Waals surface area contributed by atoms with Crippen LogP contribution >= 0.6 is 23.5 Å². The van der Waals surface area contributed by atoms with E-state index in [0.717, 1.165) is 16.7 Å². The highest BCUT2D eigenvalue weighted by molar-refractivity contribution is 8.22. The Hall–Kier alpha value is -2.24. The van der Waals surface area contributed by atoms with Gasteiger partial charge in [-0.15, -0.1) is 11.8 Å². The second-order valence-corrected chi connectivity index (χ2v) is 6.59. The summed E-state index contributed by atoms with van der Waals surface area (Å²) in [6, 6.07) is 8.43.